The fourth-order valence-corrected chi connectivity index (χ4v) is 2.94. The van der Waals surface area contributed by atoms with Gasteiger partial charge in [-0.25, -0.2) is 4.98 Å². The Balaban J connectivity index is 1.96. The van der Waals surface area contributed by atoms with Crippen LogP contribution in [0.25, 0.3) is 0 Å². The van der Waals surface area contributed by atoms with Gasteiger partial charge < -0.3 is 11.1 Å². The Kier molecular flexibility index (Phi) is 4.80. The summed E-state index contributed by atoms with van der Waals surface area (Å²) in [5.41, 5.74) is 6.20. The predicted molar refractivity (Wildman–Crippen MR) is 79.9 cm³/mol. The zero-order chi connectivity index (χ0) is 13.8. The minimum Gasteiger partial charge on any atom is -0.383 e. The van der Waals surface area contributed by atoms with Crippen molar-refractivity contribution in [1.82, 2.24) is 10.3 Å². The Morgan fingerprint density at radius 1 is 1.47 bits per heavy atom. The van der Waals surface area contributed by atoms with Crippen molar-refractivity contribution in [3.8, 4) is 0 Å². The van der Waals surface area contributed by atoms with Gasteiger partial charge in [0.25, 0.3) is 5.91 Å². The van der Waals surface area contributed by atoms with Crippen molar-refractivity contribution >= 4 is 27.7 Å². The molecule has 5 heteroatoms. The average molecular weight is 326 g/mol. The first-order valence-electron chi connectivity index (χ1n) is 6.82. The molecule has 19 heavy (non-hydrogen) atoms. The summed E-state index contributed by atoms with van der Waals surface area (Å²) in [7, 11) is 0. The number of halogens is 1. The third kappa shape index (κ3) is 3.69. The van der Waals surface area contributed by atoms with E-state index in [0.29, 0.717) is 5.56 Å². The number of nitrogens with one attached hydrogen (secondary N) is 1. The quantitative estimate of drug-likeness (QED) is 0.897. The molecule has 1 aliphatic carbocycles. The third-order valence-electron chi connectivity index (χ3n) is 3.89. The smallest absolute Gasteiger partial charge is 0.255 e. The van der Waals surface area contributed by atoms with Crippen molar-refractivity contribution in [3.05, 3.63) is 22.3 Å². The van der Waals surface area contributed by atoms with Crippen LogP contribution in [0, 0.1) is 5.92 Å². The van der Waals surface area contributed by atoms with Crippen molar-refractivity contribution < 1.29 is 4.79 Å². The van der Waals surface area contributed by atoms with Crippen LogP contribution in [0.1, 0.15) is 49.4 Å². The summed E-state index contributed by atoms with van der Waals surface area (Å²) in [5.74, 6) is 0.986. The molecule has 0 aromatic carbocycles. The van der Waals surface area contributed by atoms with E-state index in [1.165, 1.54) is 19.3 Å². The van der Waals surface area contributed by atoms with Crippen molar-refractivity contribution in [2.24, 2.45) is 5.92 Å². The maximum atomic E-state index is 12.2. The summed E-state index contributed by atoms with van der Waals surface area (Å²) in [6.45, 7) is 2.23. The Bertz CT molecular complexity index is 456. The number of nitrogens with two attached hydrogens (primary N) is 1. The van der Waals surface area contributed by atoms with Crippen LogP contribution in [0.5, 0.6) is 0 Å². The van der Waals surface area contributed by atoms with E-state index in [1.54, 1.807) is 12.3 Å². The molecule has 0 spiro atoms. The van der Waals surface area contributed by atoms with Gasteiger partial charge in [0.2, 0.25) is 0 Å². The highest BCUT2D eigenvalue weighted by atomic mass is 79.9. The molecule has 104 valence electrons. The number of hydrogen-bond donors (Lipinski definition) is 2. The number of aromatic nitrogens is 1. The van der Waals surface area contributed by atoms with Gasteiger partial charge in [0, 0.05) is 16.7 Å². The minimum atomic E-state index is -0.119. The zero-order valence-corrected chi connectivity index (χ0v) is 12.7. The number of hydrogen-bond acceptors (Lipinski definition) is 3. The highest BCUT2D eigenvalue weighted by Gasteiger charge is 2.22. The van der Waals surface area contributed by atoms with Gasteiger partial charge in [-0.15, -0.1) is 0 Å². The second-order valence-corrected chi connectivity index (χ2v) is 6.10. The van der Waals surface area contributed by atoms with Gasteiger partial charge >= 0.3 is 0 Å². The summed E-state index contributed by atoms with van der Waals surface area (Å²) in [4.78, 5) is 16.2. The highest BCUT2D eigenvalue weighted by Crippen LogP contribution is 2.27. The molecule has 1 saturated carbocycles. The monoisotopic (exact) mass is 325 g/mol. The average Bonchev–Trinajstić information content (AvgIpc) is 2.42. The van der Waals surface area contributed by atoms with E-state index < -0.39 is 0 Å². The fourth-order valence-electron chi connectivity index (χ4n) is 2.61. The number of nitrogen functional groups attached to an aromatic ring is 1. The Hall–Kier alpha value is -1.10. The Morgan fingerprint density at radius 3 is 2.79 bits per heavy atom. The molecule has 3 N–H and O–H groups in total. The first-order chi connectivity index (χ1) is 9.10. The number of carbonyl (C=O) groups excluding carboxylic acids is 1. The molecule has 0 radical (unpaired) electrons. The van der Waals surface area contributed by atoms with Crippen LogP contribution in [0.2, 0.25) is 0 Å². The van der Waals surface area contributed by atoms with Gasteiger partial charge in [0.15, 0.2) is 0 Å². The number of anilines is 1. The first-order valence-corrected chi connectivity index (χ1v) is 7.61. The molecule has 1 fully saturated rings. The van der Waals surface area contributed by atoms with Crippen molar-refractivity contribution in [3.63, 3.8) is 0 Å². The van der Waals surface area contributed by atoms with Crippen LogP contribution in [0.15, 0.2) is 16.7 Å². The van der Waals surface area contributed by atoms with E-state index in [9.17, 15) is 4.79 Å². The number of nitrogens with zero attached hydrogens (tertiary/aromatic N) is 1. The van der Waals surface area contributed by atoms with E-state index in [1.807, 2.05) is 0 Å². The maximum Gasteiger partial charge on any atom is 0.255 e. The highest BCUT2D eigenvalue weighted by molar-refractivity contribution is 9.10. The van der Waals surface area contributed by atoms with Crippen molar-refractivity contribution in [2.75, 3.05) is 5.73 Å². The molecule has 0 saturated heterocycles. The van der Waals surface area contributed by atoms with Crippen LogP contribution >= 0.6 is 15.9 Å². The van der Waals surface area contributed by atoms with Gasteiger partial charge in [0.1, 0.15) is 5.82 Å². The molecule has 1 aliphatic rings. The normalized spacial score (nSPS) is 23.1. The van der Waals surface area contributed by atoms with Crippen LogP contribution < -0.4 is 11.1 Å². The van der Waals surface area contributed by atoms with Crippen LogP contribution in [0.4, 0.5) is 5.82 Å². The predicted octanol–water partition coefficient (Wildman–Crippen LogP) is 3.12. The van der Waals surface area contributed by atoms with Crippen molar-refractivity contribution in [2.45, 2.75) is 45.1 Å². The standard InChI is InChI=1S/C14H20BrN3O/c1-2-9-3-5-11(6-4-9)18-14(19)12-7-10(15)8-17-13(12)16/h7-9,11H,2-6H2,1H3,(H2,16,17)(H,18,19). The molecule has 1 heterocycles. The summed E-state index contributed by atoms with van der Waals surface area (Å²) >= 11 is 3.31. The Labute approximate surface area is 122 Å². The van der Waals surface area contributed by atoms with Crippen LogP contribution in [0.3, 0.4) is 0 Å². The summed E-state index contributed by atoms with van der Waals surface area (Å²) in [6.07, 6.45) is 7.36. The van der Waals surface area contributed by atoms with E-state index in [-0.39, 0.29) is 17.8 Å². The first kappa shape index (κ1) is 14.3. The topological polar surface area (TPSA) is 68.0 Å². The molecule has 2 rings (SSSR count). The lowest BCUT2D eigenvalue weighted by atomic mass is 9.84. The van der Waals surface area contributed by atoms with Crippen molar-refractivity contribution in [1.29, 1.82) is 0 Å². The summed E-state index contributed by atoms with van der Waals surface area (Å²) < 4.78 is 0.765. The molecule has 0 atom stereocenters. The van der Waals surface area contributed by atoms with Crippen LogP contribution in [-0.4, -0.2) is 16.9 Å². The van der Waals surface area contributed by atoms with Crippen LogP contribution in [-0.2, 0) is 0 Å². The Morgan fingerprint density at radius 2 is 2.16 bits per heavy atom. The second kappa shape index (κ2) is 6.37. The number of carbonyl (C=O) groups is 1. The molecular formula is C14H20BrN3O. The van der Waals surface area contributed by atoms with E-state index in [4.69, 9.17) is 5.73 Å². The van der Waals surface area contributed by atoms with Gasteiger partial charge in [-0.3, -0.25) is 4.79 Å². The van der Waals surface area contributed by atoms with Gasteiger partial charge in [-0.05, 0) is 53.6 Å². The number of amides is 1. The lowest BCUT2D eigenvalue weighted by Gasteiger charge is -2.28. The molecule has 1 amide bonds. The van der Waals surface area contributed by atoms with Gasteiger partial charge in [-0.1, -0.05) is 13.3 Å². The second-order valence-electron chi connectivity index (χ2n) is 5.19. The zero-order valence-electron chi connectivity index (χ0n) is 11.2. The number of pyridine rings is 1. The molecule has 4 nitrogen and oxygen atoms in total. The summed E-state index contributed by atoms with van der Waals surface area (Å²) in [5, 5.41) is 3.07. The largest absolute Gasteiger partial charge is 0.383 e. The molecule has 1 aromatic heterocycles. The molecule has 0 bridgehead atoms. The maximum absolute atomic E-state index is 12.2. The molecule has 0 unspecified atom stereocenters. The van der Waals surface area contributed by atoms with Gasteiger partial charge in [0.05, 0.1) is 5.56 Å². The fraction of sp³-hybridized carbons (Fsp3) is 0.571. The third-order valence-corrected chi connectivity index (χ3v) is 4.32. The van der Waals surface area contributed by atoms with Gasteiger partial charge in [-0.2, -0.15) is 0 Å². The van der Waals surface area contributed by atoms with E-state index >= 15 is 0 Å². The SMILES string of the molecule is CCC1CCC(NC(=O)c2cc(Br)cnc2N)CC1. The van der Waals surface area contributed by atoms with E-state index in [2.05, 4.69) is 33.2 Å². The molecular weight excluding hydrogens is 306 g/mol. The lowest BCUT2D eigenvalue weighted by Crippen LogP contribution is -2.38. The summed E-state index contributed by atoms with van der Waals surface area (Å²) in [6, 6.07) is 1.99. The van der Waals surface area contributed by atoms with E-state index in [0.717, 1.165) is 23.2 Å². The number of rotatable bonds is 3. The molecule has 0 aliphatic heterocycles. The minimum absolute atomic E-state index is 0.119. The molecule has 1 aromatic rings. The lowest BCUT2D eigenvalue weighted by molar-refractivity contribution is 0.0922.